The van der Waals surface area contributed by atoms with Crippen molar-refractivity contribution in [3.8, 4) is 0 Å². The second-order valence-corrected chi connectivity index (χ2v) is 7.82. The molecule has 0 aromatic rings. The molecule has 0 aliphatic carbocycles. The van der Waals surface area contributed by atoms with Crippen molar-refractivity contribution in [1.82, 2.24) is 0 Å². The Morgan fingerprint density at radius 3 is 1.88 bits per heavy atom. The first-order chi connectivity index (χ1) is 12.0. The lowest BCUT2D eigenvalue weighted by Gasteiger charge is -2.29. The SMILES string of the molecule is CCCCC/C=C\C/C=C\CCCCCCCCOC(C)(C)C(C)N. The van der Waals surface area contributed by atoms with Crippen LogP contribution in [0.3, 0.4) is 0 Å². The smallest absolute Gasteiger partial charge is 0.0773 e. The van der Waals surface area contributed by atoms with Gasteiger partial charge in [0.2, 0.25) is 0 Å². The summed E-state index contributed by atoms with van der Waals surface area (Å²) >= 11 is 0. The quantitative estimate of drug-likeness (QED) is 0.227. The minimum Gasteiger partial charge on any atom is -0.374 e. The largest absolute Gasteiger partial charge is 0.374 e. The van der Waals surface area contributed by atoms with E-state index in [2.05, 4.69) is 45.1 Å². The minimum absolute atomic E-state index is 0.0807. The zero-order chi connectivity index (χ0) is 18.8. The Balaban J connectivity index is 3.30. The van der Waals surface area contributed by atoms with E-state index >= 15 is 0 Å². The van der Waals surface area contributed by atoms with Gasteiger partial charge >= 0.3 is 0 Å². The highest BCUT2D eigenvalue weighted by atomic mass is 16.5. The third-order valence-electron chi connectivity index (χ3n) is 4.92. The molecule has 148 valence electrons. The van der Waals surface area contributed by atoms with Gasteiger partial charge in [0.1, 0.15) is 0 Å². The van der Waals surface area contributed by atoms with Crippen LogP contribution in [0.4, 0.5) is 0 Å². The fourth-order valence-electron chi connectivity index (χ4n) is 2.56. The molecule has 1 atom stereocenters. The summed E-state index contributed by atoms with van der Waals surface area (Å²) in [5.41, 5.74) is 5.71. The molecular weight excluding hydrogens is 306 g/mol. The standard InChI is InChI=1S/C23H45NO/c1-5-6-7-8-9-10-11-12-13-14-15-16-17-18-19-20-21-25-23(3,4)22(2)24/h9-10,12-13,22H,5-8,11,14-21,24H2,1-4H3/b10-9-,13-12-. The van der Waals surface area contributed by atoms with Crippen LogP contribution in [0.25, 0.3) is 0 Å². The lowest BCUT2D eigenvalue weighted by Crippen LogP contribution is -2.43. The maximum absolute atomic E-state index is 5.91. The van der Waals surface area contributed by atoms with E-state index in [9.17, 15) is 0 Å². The summed E-state index contributed by atoms with van der Waals surface area (Å²) in [6, 6.07) is 0.0807. The average molecular weight is 352 g/mol. The van der Waals surface area contributed by atoms with E-state index in [-0.39, 0.29) is 11.6 Å². The van der Waals surface area contributed by atoms with E-state index in [0.717, 1.165) is 19.4 Å². The van der Waals surface area contributed by atoms with Gasteiger partial charge in [-0.25, -0.2) is 0 Å². The molecule has 0 radical (unpaired) electrons. The van der Waals surface area contributed by atoms with E-state index in [1.807, 2.05) is 6.92 Å². The van der Waals surface area contributed by atoms with Crippen LogP contribution < -0.4 is 5.73 Å². The Hall–Kier alpha value is -0.600. The molecule has 0 saturated carbocycles. The fourth-order valence-corrected chi connectivity index (χ4v) is 2.56. The van der Waals surface area contributed by atoms with Gasteiger partial charge < -0.3 is 10.5 Å². The van der Waals surface area contributed by atoms with Gasteiger partial charge in [-0.15, -0.1) is 0 Å². The van der Waals surface area contributed by atoms with Crippen molar-refractivity contribution in [2.45, 2.75) is 116 Å². The van der Waals surface area contributed by atoms with Crippen molar-refractivity contribution in [3.05, 3.63) is 24.3 Å². The highest BCUT2D eigenvalue weighted by Crippen LogP contribution is 2.14. The Kier molecular flexibility index (Phi) is 16.4. The summed E-state index contributed by atoms with van der Waals surface area (Å²) in [5.74, 6) is 0. The van der Waals surface area contributed by atoms with Gasteiger partial charge in [-0.2, -0.15) is 0 Å². The highest BCUT2D eigenvalue weighted by molar-refractivity contribution is 4.92. The van der Waals surface area contributed by atoms with E-state index in [0.29, 0.717) is 0 Å². The molecule has 2 heteroatoms. The van der Waals surface area contributed by atoms with Crippen LogP contribution >= 0.6 is 0 Å². The van der Waals surface area contributed by atoms with Gasteiger partial charge in [0.15, 0.2) is 0 Å². The topological polar surface area (TPSA) is 35.2 Å². The average Bonchev–Trinajstić information content (AvgIpc) is 2.57. The van der Waals surface area contributed by atoms with E-state index < -0.39 is 0 Å². The number of hydrogen-bond acceptors (Lipinski definition) is 2. The number of ether oxygens (including phenoxy) is 1. The first-order valence-electron chi connectivity index (χ1n) is 10.7. The van der Waals surface area contributed by atoms with Crippen LogP contribution in [0, 0.1) is 0 Å². The molecule has 0 fully saturated rings. The molecular formula is C23H45NO. The molecule has 0 amide bonds. The number of nitrogens with two attached hydrogens (primary N) is 1. The summed E-state index contributed by atoms with van der Waals surface area (Å²) in [6.07, 6.45) is 24.7. The predicted molar refractivity (Wildman–Crippen MR) is 113 cm³/mol. The van der Waals surface area contributed by atoms with Crippen LogP contribution in [0.1, 0.15) is 105 Å². The van der Waals surface area contributed by atoms with Gasteiger partial charge in [-0.05, 0) is 59.3 Å². The molecule has 25 heavy (non-hydrogen) atoms. The molecule has 0 rings (SSSR count). The van der Waals surface area contributed by atoms with Gasteiger partial charge in [-0.1, -0.05) is 69.8 Å². The summed E-state index contributed by atoms with van der Waals surface area (Å²) < 4.78 is 5.87. The van der Waals surface area contributed by atoms with Crippen molar-refractivity contribution in [2.24, 2.45) is 5.73 Å². The molecule has 0 aromatic carbocycles. The second-order valence-electron chi connectivity index (χ2n) is 7.82. The number of allylic oxidation sites excluding steroid dienone is 4. The first kappa shape index (κ1) is 24.4. The van der Waals surface area contributed by atoms with E-state index in [1.165, 1.54) is 64.2 Å². The van der Waals surface area contributed by atoms with Gasteiger partial charge in [0.05, 0.1) is 5.60 Å². The van der Waals surface area contributed by atoms with E-state index in [4.69, 9.17) is 10.5 Å². The van der Waals surface area contributed by atoms with Crippen molar-refractivity contribution in [1.29, 1.82) is 0 Å². The highest BCUT2D eigenvalue weighted by Gasteiger charge is 2.22. The fraction of sp³-hybridized carbons (Fsp3) is 0.826. The van der Waals surface area contributed by atoms with Crippen LogP contribution in [0.2, 0.25) is 0 Å². The van der Waals surface area contributed by atoms with Gasteiger partial charge in [0.25, 0.3) is 0 Å². The molecule has 0 bridgehead atoms. The maximum atomic E-state index is 5.91. The molecule has 0 spiro atoms. The summed E-state index contributed by atoms with van der Waals surface area (Å²) in [7, 11) is 0. The summed E-state index contributed by atoms with van der Waals surface area (Å²) in [4.78, 5) is 0. The van der Waals surface area contributed by atoms with Crippen LogP contribution in [-0.2, 0) is 4.74 Å². The third kappa shape index (κ3) is 16.6. The van der Waals surface area contributed by atoms with Crippen molar-refractivity contribution < 1.29 is 4.74 Å². The molecule has 2 nitrogen and oxygen atoms in total. The van der Waals surface area contributed by atoms with Crippen molar-refractivity contribution in [2.75, 3.05) is 6.61 Å². The summed E-state index contributed by atoms with van der Waals surface area (Å²) in [6.45, 7) is 9.26. The maximum Gasteiger partial charge on any atom is 0.0773 e. The zero-order valence-electron chi connectivity index (χ0n) is 17.6. The predicted octanol–water partition coefficient (Wildman–Crippen LogP) is 6.94. The molecule has 2 N–H and O–H groups in total. The van der Waals surface area contributed by atoms with Crippen LogP contribution in [-0.4, -0.2) is 18.2 Å². The number of hydrogen-bond donors (Lipinski definition) is 1. The Bertz CT molecular complexity index is 331. The van der Waals surface area contributed by atoms with Crippen molar-refractivity contribution in [3.63, 3.8) is 0 Å². The number of rotatable bonds is 17. The van der Waals surface area contributed by atoms with Crippen molar-refractivity contribution >= 4 is 0 Å². The Labute approximate surface area is 158 Å². The lowest BCUT2D eigenvalue weighted by molar-refractivity contribution is -0.0333. The van der Waals surface area contributed by atoms with Crippen LogP contribution in [0.5, 0.6) is 0 Å². The Morgan fingerprint density at radius 2 is 1.32 bits per heavy atom. The monoisotopic (exact) mass is 351 g/mol. The second kappa shape index (κ2) is 16.8. The van der Waals surface area contributed by atoms with Crippen LogP contribution in [0.15, 0.2) is 24.3 Å². The normalized spacial score (nSPS) is 14.0. The number of unbranched alkanes of at least 4 members (excludes halogenated alkanes) is 9. The summed E-state index contributed by atoms with van der Waals surface area (Å²) in [5, 5.41) is 0. The van der Waals surface area contributed by atoms with Gasteiger partial charge in [-0.3, -0.25) is 0 Å². The molecule has 0 aromatic heterocycles. The molecule has 0 saturated heterocycles. The molecule has 0 heterocycles. The molecule has 0 aliphatic heterocycles. The molecule has 0 aliphatic rings. The molecule has 1 unspecified atom stereocenters. The lowest BCUT2D eigenvalue weighted by atomic mass is 10.0. The first-order valence-corrected chi connectivity index (χ1v) is 10.7. The van der Waals surface area contributed by atoms with Gasteiger partial charge in [0, 0.05) is 12.6 Å². The third-order valence-corrected chi connectivity index (χ3v) is 4.92. The minimum atomic E-state index is -0.197. The Morgan fingerprint density at radius 1 is 0.800 bits per heavy atom. The van der Waals surface area contributed by atoms with E-state index in [1.54, 1.807) is 0 Å². The zero-order valence-corrected chi connectivity index (χ0v) is 17.6.